The quantitative estimate of drug-likeness (QED) is 0.494. The van der Waals surface area contributed by atoms with E-state index in [9.17, 15) is 0 Å². The van der Waals surface area contributed by atoms with Crippen LogP contribution in [0.2, 0.25) is 0 Å². The van der Waals surface area contributed by atoms with Crippen LogP contribution in [0.1, 0.15) is 42.8 Å². The number of hydrogen-bond donors (Lipinski definition) is 2. The third-order valence-electron chi connectivity index (χ3n) is 3.19. The zero-order valence-electron chi connectivity index (χ0n) is 11.4. The van der Waals surface area contributed by atoms with Gasteiger partial charge in [-0.1, -0.05) is 18.2 Å². The van der Waals surface area contributed by atoms with E-state index < -0.39 is 0 Å². The van der Waals surface area contributed by atoms with Crippen LogP contribution in [0.4, 0.5) is 0 Å². The molecule has 0 bridgehead atoms. The molecule has 0 fully saturated rings. The molecule has 4 nitrogen and oxygen atoms in total. The number of halogens is 1. The molecule has 3 N–H and O–H groups in total. The van der Waals surface area contributed by atoms with E-state index in [1.54, 1.807) is 0 Å². The maximum atomic E-state index is 5.79. The topological polar surface area (TPSA) is 55.9 Å². The predicted molar refractivity (Wildman–Crippen MR) is 85.7 cm³/mol. The molecule has 0 spiro atoms. The van der Waals surface area contributed by atoms with E-state index in [0.29, 0.717) is 6.04 Å². The molecule has 2 aromatic rings. The van der Waals surface area contributed by atoms with Crippen molar-refractivity contribution < 1.29 is 0 Å². The lowest BCUT2D eigenvalue weighted by molar-refractivity contribution is 0.475. The van der Waals surface area contributed by atoms with Crippen LogP contribution in [-0.2, 0) is 0 Å². The maximum Gasteiger partial charge on any atom is 0.0888 e. The van der Waals surface area contributed by atoms with E-state index in [-0.39, 0.29) is 6.04 Å². The van der Waals surface area contributed by atoms with Gasteiger partial charge in [0.1, 0.15) is 0 Å². The summed E-state index contributed by atoms with van der Waals surface area (Å²) >= 11 is 2.37. The molecule has 0 aliphatic heterocycles. The van der Waals surface area contributed by atoms with Gasteiger partial charge in [-0.2, -0.15) is 5.10 Å². The standard InChI is InChI=1S/C14H19IN4/c1-9(2)19-12(7-8-17-19)14(18-16)11-6-4-5-10(3)13(11)15/h4-9,14,18H,16H2,1-3H3. The zero-order valence-corrected chi connectivity index (χ0v) is 13.5. The third kappa shape index (κ3) is 2.82. The fraction of sp³-hybridized carbons (Fsp3) is 0.357. The van der Waals surface area contributed by atoms with Gasteiger partial charge in [-0.15, -0.1) is 0 Å². The van der Waals surface area contributed by atoms with E-state index in [4.69, 9.17) is 5.84 Å². The predicted octanol–water partition coefficient (Wildman–Crippen LogP) is 2.93. The molecule has 0 saturated heterocycles. The average Bonchev–Trinajstić information content (AvgIpc) is 2.85. The lowest BCUT2D eigenvalue weighted by Gasteiger charge is -2.21. The van der Waals surface area contributed by atoms with Crippen molar-refractivity contribution in [1.29, 1.82) is 0 Å². The van der Waals surface area contributed by atoms with E-state index >= 15 is 0 Å². The molecular formula is C14H19IN4. The number of aromatic nitrogens is 2. The summed E-state index contributed by atoms with van der Waals surface area (Å²) in [5.74, 6) is 5.79. The number of hydrogen-bond acceptors (Lipinski definition) is 3. The van der Waals surface area contributed by atoms with Gasteiger partial charge in [0.15, 0.2) is 0 Å². The Balaban J connectivity index is 2.50. The van der Waals surface area contributed by atoms with Crippen LogP contribution < -0.4 is 11.3 Å². The van der Waals surface area contributed by atoms with Gasteiger partial charge >= 0.3 is 0 Å². The molecule has 0 saturated carbocycles. The molecule has 102 valence electrons. The van der Waals surface area contributed by atoms with Gasteiger partial charge < -0.3 is 0 Å². The minimum absolute atomic E-state index is 0.0447. The Morgan fingerprint density at radius 3 is 2.68 bits per heavy atom. The van der Waals surface area contributed by atoms with Gasteiger partial charge in [-0.25, -0.2) is 5.43 Å². The molecule has 19 heavy (non-hydrogen) atoms. The van der Waals surface area contributed by atoms with Crippen LogP contribution >= 0.6 is 22.6 Å². The van der Waals surface area contributed by atoms with E-state index in [1.165, 1.54) is 14.7 Å². The van der Waals surface area contributed by atoms with E-state index in [0.717, 1.165) is 5.69 Å². The Morgan fingerprint density at radius 2 is 2.05 bits per heavy atom. The number of rotatable bonds is 4. The van der Waals surface area contributed by atoms with Crippen molar-refractivity contribution in [2.24, 2.45) is 5.84 Å². The fourth-order valence-corrected chi connectivity index (χ4v) is 2.88. The molecule has 2 rings (SSSR count). The van der Waals surface area contributed by atoms with Crippen LogP contribution in [0.5, 0.6) is 0 Å². The molecule has 1 unspecified atom stereocenters. The summed E-state index contributed by atoms with van der Waals surface area (Å²) in [4.78, 5) is 0. The smallest absolute Gasteiger partial charge is 0.0888 e. The van der Waals surface area contributed by atoms with Gasteiger partial charge in [-0.3, -0.25) is 10.5 Å². The van der Waals surface area contributed by atoms with Gasteiger partial charge in [-0.05, 0) is 60.6 Å². The number of benzene rings is 1. The highest BCUT2D eigenvalue weighted by atomic mass is 127. The summed E-state index contributed by atoms with van der Waals surface area (Å²) in [7, 11) is 0. The van der Waals surface area contributed by atoms with Crippen LogP contribution in [-0.4, -0.2) is 9.78 Å². The Kier molecular flexibility index (Phi) is 4.59. The van der Waals surface area contributed by atoms with Crippen molar-refractivity contribution >= 4 is 22.6 Å². The Bertz CT molecular complexity index is 562. The molecule has 0 amide bonds. The average molecular weight is 370 g/mol. The number of nitrogens with zero attached hydrogens (tertiary/aromatic N) is 2. The molecule has 1 aromatic heterocycles. The first kappa shape index (κ1) is 14.5. The zero-order chi connectivity index (χ0) is 14.0. The summed E-state index contributed by atoms with van der Waals surface area (Å²) in [6.45, 7) is 6.34. The minimum atomic E-state index is -0.0447. The highest BCUT2D eigenvalue weighted by Crippen LogP contribution is 2.28. The summed E-state index contributed by atoms with van der Waals surface area (Å²) in [6.07, 6.45) is 1.82. The van der Waals surface area contributed by atoms with Crippen LogP contribution in [0.3, 0.4) is 0 Å². The van der Waals surface area contributed by atoms with E-state index in [1.807, 2.05) is 16.9 Å². The minimum Gasteiger partial charge on any atom is -0.271 e. The van der Waals surface area contributed by atoms with Crippen molar-refractivity contribution in [3.8, 4) is 0 Å². The maximum absolute atomic E-state index is 5.79. The molecule has 0 aliphatic carbocycles. The van der Waals surface area contributed by atoms with Crippen molar-refractivity contribution in [1.82, 2.24) is 15.2 Å². The summed E-state index contributed by atoms with van der Waals surface area (Å²) in [5.41, 5.74) is 6.45. The van der Waals surface area contributed by atoms with Crippen LogP contribution in [0.15, 0.2) is 30.5 Å². The normalized spacial score (nSPS) is 12.9. The first-order valence-corrected chi connectivity index (χ1v) is 7.38. The molecule has 5 heteroatoms. The van der Waals surface area contributed by atoms with Crippen LogP contribution in [0.25, 0.3) is 0 Å². The Morgan fingerprint density at radius 1 is 1.32 bits per heavy atom. The van der Waals surface area contributed by atoms with Crippen LogP contribution in [0, 0.1) is 10.5 Å². The highest BCUT2D eigenvalue weighted by molar-refractivity contribution is 14.1. The molecular weight excluding hydrogens is 351 g/mol. The number of hydrazine groups is 1. The van der Waals surface area contributed by atoms with Gasteiger partial charge in [0.2, 0.25) is 0 Å². The Hall–Kier alpha value is -0.920. The SMILES string of the molecule is Cc1cccc(C(NN)c2ccnn2C(C)C)c1I. The lowest BCUT2D eigenvalue weighted by Crippen LogP contribution is -2.31. The molecule has 1 aromatic carbocycles. The Labute approximate surface area is 127 Å². The highest BCUT2D eigenvalue weighted by Gasteiger charge is 2.20. The molecule has 0 aliphatic rings. The second-order valence-corrected chi connectivity index (χ2v) is 5.95. The molecule has 0 radical (unpaired) electrons. The number of nitrogens with one attached hydrogen (secondary N) is 1. The van der Waals surface area contributed by atoms with Crippen molar-refractivity contribution in [3.05, 3.63) is 50.9 Å². The van der Waals surface area contributed by atoms with E-state index in [2.05, 4.69) is 72.1 Å². The second kappa shape index (κ2) is 6.02. The first-order valence-electron chi connectivity index (χ1n) is 6.30. The lowest BCUT2D eigenvalue weighted by atomic mass is 10.0. The van der Waals surface area contributed by atoms with Crippen molar-refractivity contribution in [2.45, 2.75) is 32.9 Å². The monoisotopic (exact) mass is 370 g/mol. The summed E-state index contributed by atoms with van der Waals surface area (Å²) in [5, 5.41) is 4.38. The first-order chi connectivity index (χ1) is 9.06. The van der Waals surface area contributed by atoms with Gasteiger partial charge in [0, 0.05) is 15.8 Å². The molecule has 1 heterocycles. The third-order valence-corrected chi connectivity index (χ3v) is 4.66. The number of nitrogens with two attached hydrogens (primary N) is 1. The van der Waals surface area contributed by atoms with Crippen molar-refractivity contribution in [2.75, 3.05) is 0 Å². The number of aryl methyl sites for hydroxylation is 1. The fourth-order valence-electron chi connectivity index (χ4n) is 2.21. The molecule has 1 atom stereocenters. The second-order valence-electron chi connectivity index (χ2n) is 4.87. The summed E-state index contributed by atoms with van der Waals surface area (Å²) < 4.78 is 3.24. The largest absolute Gasteiger partial charge is 0.271 e. The van der Waals surface area contributed by atoms with Crippen molar-refractivity contribution in [3.63, 3.8) is 0 Å². The van der Waals surface area contributed by atoms with Gasteiger partial charge in [0.25, 0.3) is 0 Å². The van der Waals surface area contributed by atoms with Gasteiger partial charge in [0.05, 0.1) is 11.7 Å². The summed E-state index contributed by atoms with van der Waals surface area (Å²) in [6, 6.07) is 8.56.